The second-order valence-corrected chi connectivity index (χ2v) is 10.5. The lowest BCUT2D eigenvalue weighted by atomic mass is 10.1. The highest BCUT2D eigenvalue weighted by Gasteiger charge is 2.22. The second kappa shape index (κ2) is 10.1. The largest absolute Gasteiger partial charge is 0.354 e. The van der Waals surface area contributed by atoms with E-state index in [0.717, 1.165) is 43.3 Å². The topological polar surface area (TPSA) is 82.0 Å². The maximum absolute atomic E-state index is 10.8. The minimum absolute atomic E-state index is 0.0116. The Balaban J connectivity index is 0.000000185. The molecule has 0 saturated carbocycles. The molecular weight excluding hydrogens is 454 g/mol. The molecule has 3 aromatic rings. The number of hydrogen-bond donors (Lipinski definition) is 2. The number of hydrogen-bond acceptors (Lipinski definition) is 6. The third-order valence-electron chi connectivity index (χ3n) is 5.48. The van der Waals surface area contributed by atoms with Gasteiger partial charge in [0, 0.05) is 41.5 Å². The molecular formula is C25H27N3O3S2. The molecule has 2 heterocycles. The molecule has 5 rings (SSSR count). The Bertz CT molecular complexity index is 1280. The monoisotopic (exact) mass is 481 g/mol. The zero-order valence-electron chi connectivity index (χ0n) is 18.7. The number of aryl methyl sites for hydroxylation is 2. The summed E-state index contributed by atoms with van der Waals surface area (Å²) in [6.07, 6.45) is 0. The van der Waals surface area contributed by atoms with E-state index in [1.165, 1.54) is 21.4 Å². The van der Waals surface area contributed by atoms with Crippen molar-refractivity contribution in [3.8, 4) is 0 Å². The molecule has 0 spiro atoms. The lowest BCUT2D eigenvalue weighted by Crippen LogP contribution is -2.46. The van der Waals surface area contributed by atoms with E-state index in [1.807, 2.05) is 11.8 Å². The van der Waals surface area contributed by atoms with Gasteiger partial charge in [-0.25, -0.2) is 4.99 Å². The zero-order chi connectivity index (χ0) is 23.4. The van der Waals surface area contributed by atoms with Crippen molar-refractivity contribution in [3.05, 3.63) is 83.4 Å². The van der Waals surface area contributed by atoms with Crippen LogP contribution < -0.4 is 5.32 Å². The Morgan fingerprint density at radius 2 is 1.61 bits per heavy atom. The number of fused-ring (bicyclic) bond motifs is 2. The molecule has 8 heteroatoms. The highest BCUT2D eigenvalue weighted by Crippen LogP contribution is 2.40. The van der Waals surface area contributed by atoms with Crippen LogP contribution in [0.2, 0.25) is 0 Å². The average molecular weight is 482 g/mol. The number of rotatable bonds is 1. The minimum Gasteiger partial charge on any atom is -0.354 e. The van der Waals surface area contributed by atoms with Crippen molar-refractivity contribution >= 4 is 33.4 Å². The Hall–Kier alpha value is -2.65. The quantitative estimate of drug-likeness (QED) is 0.491. The van der Waals surface area contributed by atoms with E-state index in [2.05, 4.69) is 58.7 Å². The first kappa shape index (κ1) is 23.5. The molecule has 33 heavy (non-hydrogen) atoms. The standard InChI is InChI=1S/C17H17N3S.C8H10O3S/c1-3-7-15-13(5-1)17(20-11-9-18-10-12-20)19-14-6-2-4-8-16(14)21-15;1-6-3-4-7(2)8(5-6)12(9,10)11/h1-8,18H,9-12H2;3-5H,1-2H3,(H,9,10,11). The van der Waals surface area contributed by atoms with E-state index < -0.39 is 10.1 Å². The Morgan fingerprint density at radius 1 is 0.939 bits per heavy atom. The predicted octanol–water partition coefficient (Wildman–Crippen LogP) is 4.68. The second-order valence-electron chi connectivity index (χ2n) is 7.98. The number of para-hydroxylation sites is 1. The smallest absolute Gasteiger partial charge is 0.294 e. The van der Waals surface area contributed by atoms with Crippen LogP contribution in [0, 0.1) is 13.8 Å². The van der Waals surface area contributed by atoms with Crippen LogP contribution in [-0.4, -0.2) is 49.9 Å². The summed E-state index contributed by atoms with van der Waals surface area (Å²) >= 11 is 1.81. The fourth-order valence-corrected chi connectivity index (χ4v) is 5.60. The predicted molar refractivity (Wildman–Crippen MR) is 133 cm³/mol. The molecule has 0 amide bonds. The zero-order valence-corrected chi connectivity index (χ0v) is 20.3. The molecule has 6 nitrogen and oxygen atoms in total. The van der Waals surface area contributed by atoms with Crippen LogP contribution in [-0.2, 0) is 10.1 Å². The van der Waals surface area contributed by atoms with Crippen molar-refractivity contribution < 1.29 is 13.0 Å². The summed E-state index contributed by atoms with van der Waals surface area (Å²) in [5.74, 6) is 1.12. The van der Waals surface area contributed by atoms with Crippen LogP contribution >= 0.6 is 11.8 Å². The number of amidine groups is 1. The molecule has 2 aliphatic heterocycles. The van der Waals surface area contributed by atoms with Gasteiger partial charge in [-0.15, -0.1) is 0 Å². The van der Waals surface area contributed by atoms with E-state index in [-0.39, 0.29) is 4.90 Å². The van der Waals surface area contributed by atoms with Crippen LogP contribution in [0.4, 0.5) is 5.69 Å². The SMILES string of the molecule is Cc1ccc(C)c(S(=O)(=O)O)c1.c1ccc2c(c1)N=C(N1CCNCC1)c1ccccc1S2. The number of nitrogens with zero attached hydrogens (tertiary/aromatic N) is 2. The van der Waals surface area contributed by atoms with E-state index in [1.54, 1.807) is 26.0 Å². The normalized spacial score (nSPS) is 15.4. The van der Waals surface area contributed by atoms with Gasteiger partial charge in [0.2, 0.25) is 0 Å². The van der Waals surface area contributed by atoms with Gasteiger partial charge in [0.25, 0.3) is 10.1 Å². The van der Waals surface area contributed by atoms with Gasteiger partial charge in [0.1, 0.15) is 5.84 Å². The maximum Gasteiger partial charge on any atom is 0.294 e. The fourth-order valence-electron chi connectivity index (χ4n) is 3.77. The Morgan fingerprint density at radius 3 is 2.30 bits per heavy atom. The van der Waals surface area contributed by atoms with Gasteiger partial charge in [0.15, 0.2) is 0 Å². The number of aliphatic imine (C=N–C) groups is 1. The van der Waals surface area contributed by atoms with Crippen LogP contribution in [0.15, 0.2) is 86.4 Å². The van der Waals surface area contributed by atoms with Crippen molar-refractivity contribution in [3.63, 3.8) is 0 Å². The first-order valence-corrected chi connectivity index (χ1v) is 13.0. The van der Waals surface area contributed by atoms with Crippen molar-refractivity contribution in [2.45, 2.75) is 28.5 Å². The molecule has 0 atom stereocenters. The van der Waals surface area contributed by atoms with E-state index in [0.29, 0.717) is 5.56 Å². The van der Waals surface area contributed by atoms with E-state index in [4.69, 9.17) is 9.55 Å². The number of piperazine rings is 1. The van der Waals surface area contributed by atoms with Crippen molar-refractivity contribution in [2.24, 2.45) is 4.99 Å². The molecule has 0 aromatic heterocycles. The molecule has 0 bridgehead atoms. The highest BCUT2D eigenvalue weighted by atomic mass is 32.2. The van der Waals surface area contributed by atoms with Gasteiger partial charge >= 0.3 is 0 Å². The Kier molecular flexibility index (Phi) is 7.19. The minimum atomic E-state index is -4.06. The first-order valence-electron chi connectivity index (χ1n) is 10.8. The third kappa shape index (κ3) is 5.65. The lowest BCUT2D eigenvalue weighted by molar-refractivity contribution is 0.358. The summed E-state index contributed by atoms with van der Waals surface area (Å²) in [6.45, 7) is 7.49. The van der Waals surface area contributed by atoms with Crippen LogP contribution in [0.5, 0.6) is 0 Å². The summed E-state index contributed by atoms with van der Waals surface area (Å²) in [5.41, 5.74) is 3.70. The summed E-state index contributed by atoms with van der Waals surface area (Å²) in [6, 6.07) is 21.9. The number of benzene rings is 3. The van der Waals surface area contributed by atoms with Gasteiger partial charge in [-0.3, -0.25) is 4.55 Å². The van der Waals surface area contributed by atoms with Gasteiger partial charge in [0.05, 0.1) is 10.6 Å². The first-order chi connectivity index (χ1) is 15.8. The van der Waals surface area contributed by atoms with Crippen molar-refractivity contribution in [2.75, 3.05) is 26.2 Å². The van der Waals surface area contributed by atoms with E-state index in [9.17, 15) is 8.42 Å². The van der Waals surface area contributed by atoms with Gasteiger partial charge in [-0.1, -0.05) is 54.2 Å². The molecule has 1 fully saturated rings. The van der Waals surface area contributed by atoms with Crippen molar-refractivity contribution in [1.82, 2.24) is 10.2 Å². The number of nitrogens with one attached hydrogen (secondary N) is 1. The van der Waals surface area contributed by atoms with Crippen LogP contribution in [0.1, 0.15) is 16.7 Å². The molecule has 3 aromatic carbocycles. The summed E-state index contributed by atoms with van der Waals surface area (Å²) < 4.78 is 30.3. The molecule has 0 radical (unpaired) electrons. The fraction of sp³-hybridized carbons (Fsp3) is 0.240. The van der Waals surface area contributed by atoms with Gasteiger partial charge < -0.3 is 10.2 Å². The molecule has 2 N–H and O–H groups in total. The van der Waals surface area contributed by atoms with Gasteiger partial charge in [-0.2, -0.15) is 8.42 Å². The Labute approximate surface area is 199 Å². The highest BCUT2D eigenvalue weighted by molar-refractivity contribution is 7.99. The summed E-state index contributed by atoms with van der Waals surface area (Å²) in [7, 11) is -4.06. The average Bonchev–Trinajstić information content (AvgIpc) is 2.98. The molecule has 0 unspecified atom stereocenters. The van der Waals surface area contributed by atoms with Crippen LogP contribution in [0.3, 0.4) is 0 Å². The molecule has 1 saturated heterocycles. The summed E-state index contributed by atoms with van der Waals surface area (Å²) in [4.78, 5) is 9.91. The molecule has 2 aliphatic rings. The van der Waals surface area contributed by atoms with E-state index >= 15 is 0 Å². The molecule has 0 aliphatic carbocycles. The maximum atomic E-state index is 10.8. The molecule has 172 valence electrons. The third-order valence-corrected chi connectivity index (χ3v) is 7.61. The summed E-state index contributed by atoms with van der Waals surface area (Å²) in [5, 5.41) is 3.41. The van der Waals surface area contributed by atoms with Gasteiger partial charge in [-0.05, 0) is 49.2 Å². The lowest BCUT2D eigenvalue weighted by Gasteiger charge is -2.30. The van der Waals surface area contributed by atoms with Crippen LogP contribution in [0.25, 0.3) is 0 Å². The van der Waals surface area contributed by atoms with Crippen molar-refractivity contribution in [1.29, 1.82) is 0 Å².